The van der Waals surface area contributed by atoms with Gasteiger partial charge in [0.05, 0.1) is 0 Å². The van der Waals surface area contributed by atoms with Gasteiger partial charge in [-0.25, -0.2) is 4.79 Å². The first kappa shape index (κ1) is 17.2. The number of benzene rings is 2. The number of hydrogen-bond donors (Lipinski definition) is 2. The molecule has 0 aliphatic carbocycles. The zero-order chi connectivity index (χ0) is 17.0. The average molecular weight is 436 g/mol. The third-order valence-electron chi connectivity index (χ3n) is 4.58. The molecule has 24 heavy (non-hydrogen) atoms. The van der Waals surface area contributed by atoms with Crippen LogP contribution >= 0.6 is 22.6 Å². The Morgan fingerprint density at radius 3 is 2.46 bits per heavy atom. The van der Waals surface area contributed by atoms with Gasteiger partial charge in [0.1, 0.15) is 5.54 Å². The fourth-order valence-corrected chi connectivity index (χ4v) is 3.71. The van der Waals surface area contributed by atoms with Crippen molar-refractivity contribution in [3.63, 3.8) is 0 Å². The van der Waals surface area contributed by atoms with Gasteiger partial charge < -0.3 is 10.4 Å². The Morgan fingerprint density at radius 1 is 1.12 bits per heavy atom. The van der Waals surface area contributed by atoms with E-state index in [4.69, 9.17) is 0 Å². The Bertz CT molecular complexity index is 698. The van der Waals surface area contributed by atoms with Crippen molar-refractivity contribution in [1.29, 1.82) is 0 Å². The second-order valence-corrected chi connectivity index (χ2v) is 7.53. The van der Waals surface area contributed by atoms with Crippen LogP contribution in [0.5, 0.6) is 0 Å². The van der Waals surface area contributed by atoms with Crippen LogP contribution in [-0.2, 0) is 11.3 Å². The van der Waals surface area contributed by atoms with Crippen molar-refractivity contribution >= 4 is 34.2 Å². The number of likely N-dealkylation sites (tertiary alicyclic amines) is 1. The van der Waals surface area contributed by atoms with Gasteiger partial charge in [-0.15, -0.1) is 0 Å². The zero-order valence-electron chi connectivity index (χ0n) is 13.4. The molecule has 5 heteroatoms. The second-order valence-electron chi connectivity index (χ2n) is 6.28. The van der Waals surface area contributed by atoms with Crippen molar-refractivity contribution < 1.29 is 9.90 Å². The van der Waals surface area contributed by atoms with Gasteiger partial charge >= 0.3 is 5.97 Å². The van der Waals surface area contributed by atoms with Crippen LogP contribution in [0.2, 0.25) is 0 Å². The molecule has 2 aromatic rings. The molecule has 2 N–H and O–H groups in total. The normalized spacial score (nSPS) is 17.4. The molecule has 1 fully saturated rings. The highest BCUT2D eigenvalue weighted by molar-refractivity contribution is 14.1. The summed E-state index contributed by atoms with van der Waals surface area (Å²) in [7, 11) is 0. The van der Waals surface area contributed by atoms with E-state index in [0.717, 1.165) is 28.9 Å². The quantitative estimate of drug-likeness (QED) is 0.700. The molecule has 1 heterocycles. The van der Waals surface area contributed by atoms with Gasteiger partial charge in [0, 0.05) is 28.9 Å². The average Bonchev–Trinajstić information content (AvgIpc) is 2.57. The highest BCUT2D eigenvalue weighted by atomic mass is 127. The van der Waals surface area contributed by atoms with Crippen molar-refractivity contribution in [1.82, 2.24) is 4.90 Å². The van der Waals surface area contributed by atoms with Crippen molar-refractivity contribution in [2.45, 2.75) is 24.9 Å². The molecule has 1 saturated heterocycles. The van der Waals surface area contributed by atoms with E-state index >= 15 is 0 Å². The SMILES string of the molecule is O=C(O)C1(Nc2cccc(I)c2)CCN(Cc2ccccc2)CC1. The van der Waals surface area contributed by atoms with E-state index in [9.17, 15) is 9.90 Å². The van der Waals surface area contributed by atoms with Crippen LogP contribution in [0.4, 0.5) is 5.69 Å². The first-order valence-corrected chi connectivity index (χ1v) is 9.19. The van der Waals surface area contributed by atoms with E-state index in [1.807, 2.05) is 42.5 Å². The van der Waals surface area contributed by atoms with E-state index in [0.29, 0.717) is 12.8 Å². The molecule has 4 nitrogen and oxygen atoms in total. The summed E-state index contributed by atoms with van der Waals surface area (Å²) in [5.74, 6) is -0.763. The predicted molar refractivity (Wildman–Crippen MR) is 104 cm³/mol. The van der Waals surface area contributed by atoms with Gasteiger partial charge in [0.25, 0.3) is 0 Å². The molecule has 0 radical (unpaired) electrons. The van der Waals surface area contributed by atoms with Crippen molar-refractivity contribution in [2.24, 2.45) is 0 Å². The highest BCUT2D eigenvalue weighted by Crippen LogP contribution is 2.29. The summed E-state index contributed by atoms with van der Waals surface area (Å²) < 4.78 is 1.10. The smallest absolute Gasteiger partial charge is 0.329 e. The van der Waals surface area contributed by atoms with Crippen LogP contribution < -0.4 is 5.32 Å². The number of rotatable bonds is 5. The van der Waals surface area contributed by atoms with E-state index in [-0.39, 0.29) is 0 Å². The number of piperidine rings is 1. The molecule has 0 atom stereocenters. The number of hydrogen-bond acceptors (Lipinski definition) is 3. The largest absolute Gasteiger partial charge is 0.480 e. The predicted octanol–water partition coefficient (Wildman–Crippen LogP) is 3.82. The Kier molecular flexibility index (Phi) is 5.40. The molecule has 126 valence electrons. The molecule has 0 bridgehead atoms. The first-order valence-electron chi connectivity index (χ1n) is 8.11. The molecule has 2 aromatic carbocycles. The number of carbonyl (C=O) groups is 1. The minimum atomic E-state index is -0.877. The van der Waals surface area contributed by atoms with Gasteiger partial charge in [-0.2, -0.15) is 0 Å². The molecule has 0 aromatic heterocycles. The molecular formula is C19H21IN2O2. The lowest BCUT2D eigenvalue weighted by Gasteiger charge is -2.40. The molecular weight excluding hydrogens is 415 g/mol. The number of carboxylic acid groups (broad SMARTS) is 1. The minimum absolute atomic E-state index is 0.598. The molecule has 1 aliphatic rings. The first-order chi connectivity index (χ1) is 11.6. The van der Waals surface area contributed by atoms with Crippen LogP contribution in [0.25, 0.3) is 0 Å². The summed E-state index contributed by atoms with van der Waals surface area (Å²) >= 11 is 2.24. The zero-order valence-corrected chi connectivity index (χ0v) is 15.6. The Labute approximate surface area is 156 Å². The van der Waals surface area contributed by atoms with Gasteiger partial charge in [-0.1, -0.05) is 36.4 Å². The Morgan fingerprint density at radius 2 is 1.83 bits per heavy atom. The molecule has 0 saturated carbocycles. The van der Waals surface area contributed by atoms with Crippen LogP contribution in [0.1, 0.15) is 18.4 Å². The van der Waals surface area contributed by atoms with Crippen LogP contribution in [0.15, 0.2) is 54.6 Å². The maximum absolute atomic E-state index is 11.9. The van der Waals surface area contributed by atoms with E-state index in [2.05, 4.69) is 44.9 Å². The molecule has 0 spiro atoms. The molecule has 3 rings (SSSR count). The van der Waals surface area contributed by atoms with E-state index in [1.54, 1.807) is 0 Å². The number of carboxylic acids is 1. The third-order valence-corrected chi connectivity index (χ3v) is 5.25. The lowest BCUT2D eigenvalue weighted by molar-refractivity contribution is -0.144. The van der Waals surface area contributed by atoms with E-state index in [1.165, 1.54) is 5.56 Å². The standard InChI is InChI=1S/C19H21IN2O2/c20-16-7-4-8-17(13-16)21-19(18(23)24)9-11-22(12-10-19)14-15-5-2-1-3-6-15/h1-8,13,21H,9-12,14H2,(H,23,24). The summed E-state index contributed by atoms with van der Waals surface area (Å²) in [6, 6.07) is 18.2. The maximum atomic E-state index is 11.9. The molecule has 1 aliphatic heterocycles. The van der Waals surface area contributed by atoms with Crippen LogP contribution in [0, 0.1) is 3.57 Å². The minimum Gasteiger partial charge on any atom is -0.480 e. The highest BCUT2D eigenvalue weighted by Gasteiger charge is 2.41. The van der Waals surface area contributed by atoms with E-state index < -0.39 is 11.5 Å². The lowest BCUT2D eigenvalue weighted by atomic mass is 9.87. The third kappa shape index (κ3) is 4.08. The van der Waals surface area contributed by atoms with Crippen molar-refractivity contribution in [3.05, 3.63) is 63.7 Å². The molecule has 0 amide bonds. The summed E-state index contributed by atoms with van der Waals surface area (Å²) in [4.78, 5) is 14.3. The van der Waals surface area contributed by atoms with Crippen molar-refractivity contribution in [2.75, 3.05) is 18.4 Å². The lowest BCUT2D eigenvalue weighted by Crippen LogP contribution is -2.54. The van der Waals surface area contributed by atoms with Crippen molar-refractivity contribution in [3.8, 4) is 0 Å². The van der Waals surface area contributed by atoms with Crippen LogP contribution in [-0.4, -0.2) is 34.6 Å². The van der Waals surface area contributed by atoms with Crippen LogP contribution in [0.3, 0.4) is 0 Å². The number of halogens is 1. The summed E-state index contributed by atoms with van der Waals surface area (Å²) in [6.45, 7) is 2.43. The van der Waals surface area contributed by atoms with Gasteiger partial charge in [0.15, 0.2) is 0 Å². The number of nitrogens with zero attached hydrogens (tertiary/aromatic N) is 1. The Balaban J connectivity index is 1.67. The Hall–Kier alpha value is -1.60. The monoisotopic (exact) mass is 436 g/mol. The van der Waals surface area contributed by atoms with Gasteiger partial charge in [-0.3, -0.25) is 4.90 Å². The molecule has 0 unspecified atom stereocenters. The maximum Gasteiger partial charge on any atom is 0.329 e. The fourth-order valence-electron chi connectivity index (χ4n) is 3.17. The number of anilines is 1. The summed E-state index contributed by atoms with van der Waals surface area (Å²) in [5, 5.41) is 13.1. The summed E-state index contributed by atoms with van der Waals surface area (Å²) in [6.07, 6.45) is 1.20. The van der Waals surface area contributed by atoms with Gasteiger partial charge in [-0.05, 0) is 59.2 Å². The second kappa shape index (κ2) is 7.53. The van der Waals surface area contributed by atoms with Gasteiger partial charge in [0.2, 0.25) is 0 Å². The fraction of sp³-hybridized carbons (Fsp3) is 0.316. The topological polar surface area (TPSA) is 52.6 Å². The number of nitrogens with one attached hydrogen (secondary N) is 1. The summed E-state index contributed by atoms with van der Waals surface area (Å²) in [5.41, 5.74) is 1.27. The number of aliphatic carboxylic acids is 1.